The van der Waals surface area contributed by atoms with Crippen LogP contribution in [0.3, 0.4) is 0 Å². The topological polar surface area (TPSA) is 109 Å². The first-order valence-corrected chi connectivity index (χ1v) is 11.6. The summed E-state index contributed by atoms with van der Waals surface area (Å²) >= 11 is 0. The van der Waals surface area contributed by atoms with E-state index in [1.807, 2.05) is 0 Å². The highest BCUT2D eigenvalue weighted by Gasteiger charge is 2.45. The molecule has 0 radical (unpaired) electrons. The number of alkyl halides is 4. The molecule has 2 fully saturated rings. The van der Waals surface area contributed by atoms with Crippen molar-refractivity contribution < 1.29 is 27.2 Å². The standard InChI is InChI=1S/C19H21F3N8O.C3H6O.CH3F/c1-28-9-13(15(26-28)19(20,21)22)25-16(31)14-3-2-12-8-24-17(27-30(12)14)29-7-6-23-10-18(11-29)4-5-18;1-3(2)4;1-2/h2-3,8-9,23H,4-7,10-11H2,1H3,(H,25,31);1-2H3;1H3. The van der Waals surface area contributed by atoms with E-state index in [0.29, 0.717) is 18.6 Å². The zero-order valence-electron chi connectivity index (χ0n) is 21.1. The van der Waals surface area contributed by atoms with Gasteiger partial charge in [0.2, 0.25) is 5.95 Å². The molecule has 5 rings (SSSR count). The summed E-state index contributed by atoms with van der Waals surface area (Å²) in [6.07, 6.45) is 0.365. The van der Waals surface area contributed by atoms with Gasteiger partial charge in [0.25, 0.3) is 5.91 Å². The summed E-state index contributed by atoms with van der Waals surface area (Å²) in [5.41, 5.74) is -0.611. The third kappa shape index (κ3) is 6.81. The summed E-state index contributed by atoms with van der Waals surface area (Å²) in [5, 5.41) is 13.7. The summed E-state index contributed by atoms with van der Waals surface area (Å²) in [5.74, 6) is -0.0515. The van der Waals surface area contributed by atoms with E-state index in [2.05, 4.69) is 30.7 Å². The first kappa shape index (κ1) is 28.0. The van der Waals surface area contributed by atoms with Crippen LogP contribution in [0.2, 0.25) is 0 Å². The van der Waals surface area contributed by atoms with Gasteiger partial charge in [-0.3, -0.25) is 13.9 Å². The van der Waals surface area contributed by atoms with Crippen molar-refractivity contribution in [2.45, 2.75) is 32.9 Å². The van der Waals surface area contributed by atoms with Crippen LogP contribution in [0.1, 0.15) is 42.9 Å². The molecule has 2 N–H and O–H groups in total. The lowest BCUT2D eigenvalue weighted by molar-refractivity contribution is -0.140. The zero-order valence-corrected chi connectivity index (χ0v) is 21.1. The van der Waals surface area contributed by atoms with Gasteiger partial charge in [0, 0.05) is 44.8 Å². The fraction of sp³-hybridized carbons (Fsp3) is 0.522. The number of hydrogen-bond donors (Lipinski definition) is 2. The third-order valence-electron chi connectivity index (χ3n) is 5.79. The van der Waals surface area contributed by atoms with E-state index in [4.69, 9.17) is 0 Å². The third-order valence-corrected chi connectivity index (χ3v) is 5.79. The SMILES string of the molecule is CC(C)=O.CF.Cn1cc(NC(=O)c2ccc3cnc(N4CCNCC5(CC5)C4)nn23)c(C(F)(F)F)n1. The van der Waals surface area contributed by atoms with Gasteiger partial charge in [-0.05, 0) is 38.8 Å². The van der Waals surface area contributed by atoms with Gasteiger partial charge in [0.1, 0.15) is 11.5 Å². The first-order chi connectivity index (χ1) is 17.5. The number of nitrogens with zero attached hydrogens (tertiary/aromatic N) is 6. The number of ketones is 1. The molecule has 0 atom stereocenters. The quantitative estimate of drug-likeness (QED) is 0.505. The van der Waals surface area contributed by atoms with Crippen molar-refractivity contribution in [2.75, 3.05) is 43.6 Å². The minimum absolute atomic E-state index is 0.115. The maximum atomic E-state index is 13.2. The molecule has 1 aliphatic carbocycles. The number of hydrogen-bond acceptors (Lipinski definition) is 7. The highest BCUT2D eigenvalue weighted by atomic mass is 19.4. The first-order valence-electron chi connectivity index (χ1n) is 11.6. The Bertz CT molecular complexity index is 1250. The number of Topliss-reactive ketones (excluding diaryl/α,β-unsaturated/α-hetero) is 1. The largest absolute Gasteiger partial charge is 0.437 e. The maximum absolute atomic E-state index is 13.2. The van der Waals surface area contributed by atoms with Crippen LogP contribution in [0, 0.1) is 5.41 Å². The molecule has 1 spiro atoms. The van der Waals surface area contributed by atoms with Gasteiger partial charge in [-0.1, -0.05) is 0 Å². The van der Waals surface area contributed by atoms with Gasteiger partial charge >= 0.3 is 6.18 Å². The minimum atomic E-state index is -4.68. The molecular formula is C23H30F4N8O2. The highest BCUT2D eigenvalue weighted by molar-refractivity contribution is 6.04. The number of amides is 1. The Hall–Kier alpha value is -3.55. The summed E-state index contributed by atoms with van der Waals surface area (Å²) in [4.78, 5) is 28.8. The van der Waals surface area contributed by atoms with E-state index in [1.165, 1.54) is 31.5 Å². The normalized spacial score (nSPS) is 16.3. The molecule has 1 aliphatic heterocycles. The van der Waals surface area contributed by atoms with Crippen LogP contribution in [0.25, 0.3) is 5.52 Å². The summed E-state index contributed by atoms with van der Waals surface area (Å²) < 4.78 is 51.5. The zero-order chi connectivity index (χ0) is 27.4. The Morgan fingerprint density at radius 1 is 1.14 bits per heavy atom. The van der Waals surface area contributed by atoms with Crippen LogP contribution in [-0.4, -0.2) is 69.4 Å². The molecule has 10 nitrogen and oxygen atoms in total. The molecule has 2 aliphatic rings. The van der Waals surface area contributed by atoms with Gasteiger partial charge < -0.3 is 20.3 Å². The Labute approximate surface area is 211 Å². The van der Waals surface area contributed by atoms with Crippen LogP contribution in [0.5, 0.6) is 0 Å². The molecule has 3 aromatic heterocycles. The monoisotopic (exact) mass is 526 g/mol. The summed E-state index contributed by atoms with van der Waals surface area (Å²) in [6, 6.07) is 3.16. The second-order valence-corrected chi connectivity index (χ2v) is 9.14. The second-order valence-electron chi connectivity index (χ2n) is 9.14. The maximum Gasteiger partial charge on any atom is 0.437 e. The number of nitrogens with one attached hydrogen (secondary N) is 2. The Morgan fingerprint density at radius 3 is 2.43 bits per heavy atom. The smallest absolute Gasteiger partial charge is 0.338 e. The number of aromatic nitrogens is 5. The van der Waals surface area contributed by atoms with Crippen molar-refractivity contribution in [2.24, 2.45) is 12.5 Å². The van der Waals surface area contributed by atoms with Gasteiger partial charge in [0.15, 0.2) is 5.69 Å². The van der Waals surface area contributed by atoms with Crippen LogP contribution < -0.4 is 15.5 Å². The molecule has 3 aromatic rings. The number of rotatable bonds is 3. The number of carbonyl (C=O) groups is 2. The highest BCUT2D eigenvalue weighted by Crippen LogP contribution is 2.46. The van der Waals surface area contributed by atoms with Crippen molar-refractivity contribution in [3.63, 3.8) is 0 Å². The van der Waals surface area contributed by atoms with Crippen molar-refractivity contribution in [1.82, 2.24) is 29.7 Å². The van der Waals surface area contributed by atoms with Crippen molar-refractivity contribution >= 4 is 28.8 Å². The molecule has 1 saturated carbocycles. The summed E-state index contributed by atoms with van der Waals surface area (Å²) in [7, 11) is 1.86. The second kappa shape index (κ2) is 11.2. The number of aryl methyl sites for hydroxylation is 1. The fourth-order valence-electron chi connectivity index (χ4n) is 3.98. The van der Waals surface area contributed by atoms with Crippen molar-refractivity contribution in [1.29, 1.82) is 0 Å². The molecule has 202 valence electrons. The predicted octanol–water partition coefficient (Wildman–Crippen LogP) is 3.10. The van der Waals surface area contributed by atoms with E-state index in [0.717, 1.165) is 49.9 Å². The Morgan fingerprint density at radius 2 is 1.81 bits per heavy atom. The van der Waals surface area contributed by atoms with E-state index in [9.17, 15) is 27.2 Å². The van der Waals surface area contributed by atoms with Gasteiger partial charge in [-0.15, -0.1) is 5.10 Å². The van der Waals surface area contributed by atoms with E-state index < -0.39 is 23.5 Å². The molecular weight excluding hydrogens is 496 g/mol. The molecule has 37 heavy (non-hydrogen) atoms. The molecule has 4 heterocycles. The summed E-state index contributed by atoms with van der Waals surface area (Å²) in [6.45, 7) is 6.40. The molecule has 14 heteroatoms. The Kier molecular flexibility index (Phi) is 8.51. The lowest BCUT2D eigenvalue weighted by Crippen LogP contribution is -2.32. The van der Waals surface area contributed by atoms with E-state index >= 15 is 0 Å². The fourth-order valence-corrected chi connectivity index (χ4v) is 3.98. The van der Waals surface area contributed by atoms with Gasteiger partial charge in [-0.25, -0.2) is 9.50 Å². The van der Waals surface area contributed by atoms with E-state index in [1.54, 1.807) is 12.3 Å². The van der Waals surface area contributed by atoms with Crippen molar-refractivity contribution in [3.8, 4) is 0 Å². The lowest BCUT2D eigenvalue weighted by atomic mass is 10.1. The molecule has 0 aromatic carbocycles. The molecule has 1 saturated heterocycles. The minimum Gasteiger partial charge on any atom is -0.338 e. The number of carbonyl (C=O) groups excluding carboxylic acids is 2. The number of halogens is 4. The molecule has 0 bridgehead atoms. The predicted molar refractivity (Wildman–Crippen MR) is 129 cm³/mol. The van der Waals surface area contributed by atoms with Crippen LogP contribution in [-0.2, 0) is 18.0 Å². The van der Waals surface area contributed by atoms with Crippen LogP contribution in [0.4, 0.5) is 29.2 Å². The van der Waals surface area contributed by atoms with Crippen LogP contribution >= 0.6 is 0 Å². The molecule has 0 unspecified atom stereocenters. The van der Waals surface area contributed by atoms with E-state index in [-0.39, 0.29) is 16.9 Å². The van der Waals surface area contributed by atoms with Gasteiger partial charge in [-0.2, -0.15) is 18.3 Å². The average Bonchev–Trinajstić information content (AvgIpc) is 3.37. The molecule has 1 amide bonds. The van der Waals surface area contributed by atoms with Crippen molar-refractivity contribution in [3.05, 3.63) is 35.9 Å². The number of fused-ring (bicyclic) bond motifs is 1. The van der Waals surface area contributed by atoms with Gasteiger partial charge in [0.05, 0.1) is 24.6 Å². The average molecular weight is 527 g/mol. The van der Waals surface area contributed by atoms with Crippen LogP contribution in [0.15, 0.2) is 24.5 Å². The Balaban J connectivity index is 0.000000580. The number of anilines is 2. The lowest BCUT2D eigenvalue weighted by Gasteiger charge is -2.23.